The van der Waals surface area contributed by atoms with E-state index in [0.717, 1.165) is 17.5 Å². The van der Waals surface area contributed by atoms with Crippen molar-refractivity contribution in [3.05, 3.63) is 33.8 Å². The Bertz CT molecular complexity index is 359. The van der Waals surface area contributed by atoms with Gasteiger partial charge in [-0.15, -0.1) is 0 Å². The molecule has 0 aliphatic heterocycles. The SMILES string of the molecule is CCc1c(C(=O)OC)ccc(Cl)c1C. The Balaban J connectivity index is 3.31. The third-order valence-corrected chi connectivity index (χ3v) is 2.70. The molecule has 0 saturated heterocycles. The summed E-state index contributed by atoms with van der Waals surface area (Å²) in [5, 5.41) is 0.689. The molecule has 0 amide bonds. The second kappa shape index (κ2) is 4.47. The average molecular weight is 213 g/mol. The van der Waals surface area contributed by atoms with Crippen molar-refractivity contribution < 1.29 is 9.53 Å². The maximum Gasteiger partial charge on any atom is 0.338 e. The molecule has 2 nitrogen and oxygen atoms in total. The van der Waals surface area contributed by atoms with Crippen molar-refractivity contribution in [2.45, 2.75) is 20.3 Å². The van der Waals surface area contributed by atoms with Gasteiger partial charge in [0.1, 0.15) is 0 Å². The standard InChI is InChI=1S/C11H13ClO2/c1-4-8-7(2)10(12)6-5-9(8)11(13)14-3/h5-6H,4H2,1-3H3. The van der Waals surface area contributed by atoms with Gasteiger partial charge < -0.3 is 4.74 Å². The van der Waals surface area contributed by atoms with Crippen LogP contribution in [0.1, 0.15) is 28.4 Å². The number of carbonyl (C=O) groups is 1. The fraction of sp³-hybridized carbons (Fsp3) is 0.364. The molecule has 0 aromatic heterocycles. The number of halogens is 1. The highest BCUT2D eigenvalue weighted by Gasteiger charge is 2.13. The molecule has 0 unspecified atom stereocenters. The van der Waals surface area contributed by atoms with Gasteiger partial charge in [-0.25, -0.2) is 4.79 Å². The van der Waals surface area contributed by atoms with Gasteiger partial charge >= 0.3 is 5.97 Å². The van der Waals surface area contributed by atoms with E-state index in [1.807, 2.05) is 13.8 Å². The summed E-state index contributed by atoms with van der Waals surface area (Å²) in [6.45, 7) is 3.90. The predicted molar refractivity (Wildman–Crippen MR) is 56.9 cm³/mol. The summed E-state index contributed by atoms with van der Waals surface area (Å²) in [5.74, 6) is -0.304. The second-order valence-electron chi connectivity index (χ2n) is 3.04. The van der Waals surface area contributed by atoms with Crippen molar-refractivity contribution in [2.75, 3.05) is 7.11 Å². The summed E-state index contributed by atoms with van der Waals surface area (Å²) in [7, 11) is 1.38. The van der Waals surface area contributed by atoms with Crippen LogP contribution >= 0.6 is 11.6 Å². The Morgan fingerprint density at radius 2 is 2.14 bits per heavy atom. The molecule has 0 spiro atoms. The molecular formula is C11H13ClO2. The molecule has 0 fully saturated rings. The summed E-state index contributed by atoms with van der Waals surface area (Å²) in [6, 6.07) is 3.43. The number of hydrogen-bond acceptors (Lipinski definition) is 2. The van der Waals surface area contributed by atoms with E-state index in [4.69, 9.17) is 16.3 Å². The van der Waals surface area contributed by atoms with Crippen LogP contribution in [0.15, 0.2) is 12.1 Å². The van der Waals surface area contributed by atoms with Crippen molar-refractivity contribution in [1.29, 1.82) is 0 Å². The zero-order chi connectivity index (χ0) is 10.7. The summed E-state index contributed by atoms with van der Waals surface area (Å²) >= 11 is 5.96. The maximum absolute atomic E-state index is 11.4. The lowest BCUT2D eigenvalue weighted by Gasteiger charge is -2.10. The largest absolute Gasteiger partial charge is 0.465 e. The van der Waals surface area contributed by atoms with Crippen molar-refractivity contribution in [3.8, 4) is 0 Å². The van der Waals surface area contributed by atoms with Crippen molar-refractivity contribution in [2.24, 2.45) is 0 Å². The minimum absolute atomic E-state index is 0.304. The van der Waals surface area contributed by atoms with E-state index in [1.165, 1.54) is 7.11 Å². The quantitative estimate of drug-likeness (QED) is 0.705. The van der Waals surface area contributed by atoms with Crippen molar-refractivity contribution >= 4 is 17.6 Å². The molecule has 3 heteroatoms. The molecule has 0 atom stereocenters. The molecular weight excluding hydrogens is 200 g/mol. The Kier molecular flexibility index (Phi) is 3.53. The topological polar surface area (TPSA) is 26.3 Å². The Labute approximate surface area is 88.8 Å². The highest BCUT2D eigenvalue weighted by atomic mass is 35.5. The van der Waals surface area contributed by atoms with E-state index in [9.17, 15) is 4.79 Å². The zero-order valence-electron chi connectivity index (χ0n) is 8.56. The molecule has 0 radical (unpaired) electrons. The van der Waals surface area contributed by atoms with E-state index < -0.39 is 0 Å². The van der Waals surface area contributed by atoms with Gasteiger partial charge in [0.2, 0.25) is 0 Å². The van der Waals surface area contributed by atoms with Crippen molar-refractivity contribution in [3.63, 3.8) is 0 Å². The van der Waals surface area contributed by atoms with Crippen LogP contribution in [0.4, 0.5) is 0 Å². The van der Waals surface area contributed by atoms with E-state index in [1.54, 1.807) is 12.1 Å². The minimum atomic E-state index is -0.304. The minimum Gasteiger partial charge on any atom is -0.465 e. The number of carbonyl (C=O) groups excluding carboxylic acids is 1. The second-order valence-corrected chi connectivity index (χ2v) is 3.45. The van der Waals surface area contributed by atoms with Gasteiger partial charge in [-0.3, -0.25) is 0 Å². The van der Waals surface area contributed by atoms with Crippen LogP contribution in [0.3, 0.4) is 0 Å². The molecule has 0 heterocycles. The molecule has 0 N–H and O–H groups in total. The van der Waals surface area contributed by atoms with Gasteiger partial charge in [-0.05, 0) is 36.6 Å². The average Bonchev–Trinajstić information content (AvgIpc) is 2.20. The van der Waals surface area contributed by atoms with E-state index in [0.29, 0.717) is 10.6 Å². The van der Waals surface area contributed by atoms with Gasteiger partial charge in [-0.2, -0.15) is 0 Å². The maximum atomic E-state index is 11.4. The van der Waals surface area contributed by atoms with Gasteiger partial charge in [-0.1, -0.05) is 18.5 Å². The number of methoxy groups -OCH3 is 1. The molecule has 1 rings (SSSR count). The summed E-state index contributed by atoms with van der Waals surface area (Å²) < 4.78 is 4.69. The van der Waals surface area contributed by atoms with Crippen molar-refractivity contribution in [1.82, 2.24) is 0 Å². The molecule has 1 aromatic rings. The normalized spacial score (nSPS) is 10.0. The number of ether oxygens (including phenoxy) is 1. The van der Waals surface area contributed by atoms with Gasteiger partial charge in [0.25, 0.3) is 0 Å². The zero-order valence-corrected chi connectivity index (χ0v) is 9.31. The Morgan fingerprint density at radius 3 is 2.64 bits per heavy atom. The Morgan fingerprint density at radius 1 is 1.50 bits per heavy atom. The molecule has 0 saturated carbocycles. The third kappa shape index (κ3) is 1.90. The number of hydrogen-bond donors (Lipinski definition) is 0. The van der Waals surface area contributed by atoms with E-state index in [-0.39, 0.29) is 5.97 Å². The van der Waals surface area contributed by atoms with Crippen LogP contribution in [0, 0.1) is 6.92 Å². The van der Waals surface area contributed by atoms with Gasteiger partial charge in [0.15, 0.2) is 0 Å². The number of esters is 1. The third-order valence-electron chi connectivity index (χ3n) is 2.29. The first-order chi connectivity index (χ1) is 6.61. The predicted octanol–water partition coefficient (Wildman–Crippen LogP) is 3.00. The number of benzene rings is 1. The van der Waals surface area contributed by atoms with Crippen LogP contribution in [0.2, 0.25) is 5.02 Å². The Hall–Kier alpha value is -1.02. The van der Waals surface area contributed by atoms with Crippen LogP contribution in [-0.2, 0) is 11.2 Å². The lowest BCUT2D eigenvalue weighted by Crippen LogP contribution is -2.06. The fourth-order valence-electron chi connectivity index (χ4n) is 1.49. The summed E-state index contributed by atoms with van der Waals surface area (Å²) in [4.78, 5) is 11.4. The van der Waals surface area contributed by atoms with Crippen LogP contribution < -0.4 is 0 Å². The first-order valence-corrected chi connectivity index (χ1v) is 4.85. The highest BCUT2D eigenvalue weighted by Crippen LogP contribution is 2.23. The lowest BCUT2D eigenvalue weighted by molar-refractivity contribution is 0.0599. The first-order valence-electron chi connectivity index (χ1n) is 4.48. The molecule has 76 valence electrons. The summed E-state index contributed by atoms with van der Waals surface area (Å²) in [5.41, 5.74) is 2.53. The molecule has 0 aliphatic carbocycles. The number of rotatable bonds is 2. The van der Waals surface area contributed by atoms with Crippen LogP contribution in [0.25, 0.3) is 0 Å². The van der Waals surface area contributed by atoms with Gasteiger partial charge in [0, 0.05) is 5.02 Å². The highest BCUT2D eigenvalue weighted by molar-refractivity contribution is 6.31. The molecule has 14 heavy (non-hydrogen) atoms. The summed E-state index contributed by atoms with van der Waals surface area (Å²) in [6.07, 6.45) is 0.775. The molecule has 0 aliphatic rings. The van der Waals surface area contributed by atoms with Gasteiger partial charge in [0.05, 0.1) is 12.7 Å². The fourth-order valence-corrected chi connectivity index (χ4v) is 1.66. The van der Waals surface area contributed by atoms with Crippen LogP contribution in [0.5, 0.6) is 0 Å². The van der Waals surface area contributed by atoms with E-state index in [2.05, 4.69) is 0 Å². The molecule has 1 aromatic carbocycles. The molecule has 0 bridgehead atoms. The van der Waals surface area contributed by atoms with Crippen LogP contribution in [-0.4, -0.2) is 13.1 Å². The lowest BCUT2D eigenvalue weighted by atomic mass is 10.00. The van der Waals surface area contributed by atoms with E-state index >= 15 is 0 Å². The monoisotopic (exact) mass is 212 g/mol. The smallest absolute Gasteiger partial charge is 0.338 e. The first kappa shape index (κ1) is 11.1.